The molecule has 1 aliphatic heterocycles. The molecule has 4 nitrogen and oxygen atoms in total. The quantitative estimate of drug-likeness (QED) is 0.643. The Bertz CT molecular complexity index is 991. The second kappa shape index (κ2) is 8.26. The fraction of sp³-hybridized carbons (Fsp3) is 0.320. The average molecular weight is 389 g/mol. The Kier molecular flexibility index (Phi) is 5.54. The van der Waals surface area contributed by atoms with Gasteiger partial charge in [-0.05, 0) is 44.4 Å². The first kappa shape index (κ1) is 19.5. The summed E-state index contributed by atoms with van der Waals surface area (Å²) in [5, 5.41) is 5.21. The zero-order chi connectivity index (χ0) is 20.3. The molecule has 1 saturated heterocycles. The molecule has 1 aliphatic rings. The maximum atomic E-state index is 13.6. The van der Waals surface area contributed by atoms with Crippen LogP contribution in [0.25, 0.3) is 10.8 Å². The van der Waals surface area contributed by atoms with Gasteiger partial charge in [0.05, 0.1) is 11.5 Å². The van der Waals surface area contributed by atoms with Crippen molar-refractivity contribution < 1.29 is 14.3 Å². The van der Waals surface area contributed by atoms with Gasteiger partial charge in [0.25, 0.3) is 0 Å². The van der Waals surface area contributed by atoms with Crippen LogP contribution in [0.2, 0.25) is 0 Å². The Morgan fingerprint density at radius 3 is 2.28 bits per heavy atom. The molecular formula is C25H27NO3. The molecule has 1 N–H and O–H groups in total. The Labute approximate surface area is 171 Å². The third-order valence-electron chi connectivity index (χ3n) is 5.60. The molecule has 1 fully saturated rings. The summed E-state index contributed by atoms with van der Waals surface area (Å²) >= 11 is 0. The summed E-state index contributed by atoms with van der Waals surface area (Å²) < 4.78 is 11.5. The number of amides is 1. The number of hydrogen-bond acceptors (Lipinski definition) is 3. The van der Waals surface area contributed by atoms with E-state index in [0.717, 1.165) is 27.8 Å². The molecule has 29 heavy (non-hydrogen) atoms. The van der Waals surface area contributed by atoms with Crippen LogP contribution in [0.4, 0.5) is 5.69 Å². The summed E-state index contributed by atoms with van der Waals surface area (Å²) in [4.78, 5) is 13.6. The highest BCUT2D eigenvalue weighted by Crippen LogP contribution is 2.38. The number of nitrogens with one attached hydrogen (secondary N) is 1. The molecule has 150 valence electrons. The van der Waals surface area contributed by atoms with Crippen molar-refractivity contribution in [1.82, 2.24) is 0 Å². The predicted molar refractivity (Wildman–Crippen MR) is 117 cm³/mol. The lowest BCUT2D eigenvalue weighted by Gasteiger charge is -2.36. The third kappa shape index (κ3) is 3.85. The molecule has 1 heterocycles. The van der Waals surface area contributed by atoms with Crippen molar-refractivity contribution in [2.24, 2.45) is 0 Å². The lowest BCUT2D eigenvalue weighted by molar-refractivity contribution is -0.125. The minimum absolute atomic E-state index is 0.0229. The average Bonchev–Trinajstić information content (AvgIpc) is 2.76. The van der Waals surface area contributed by atoms with Crippen LogP contribution in [0.15, 0.2) is 66.7 Å². The molecule has 0 bridgehead atoms. The predicted octanol–water partition coefficient (Wildman–Crippen LogP) is 5.31. The highest BCUT2D eigenvalue weighted by atomic mass is 16.5. The summed E-state index contributed by atoms with van der Waals surface area (Å²) in [5.41, 5.74) is 1.28. The van der Waals surface area contributed by atoms with E-state index in [0.29, 0.717) is 26.1 Å². The van der Waals surface area contributed by atoms with E-state index in [1.165, 1.54) is 0 Å². The summed E-state index contributed by atoms with van der Waals surface area (Å²) in [6, 6.07) is 22.0. The zero-order valence-corrected chi connectivity index (χ0v) is 17.0. The van der Waals surface area contributed by atoms with Gasteiger partial charge in [-0.15, -0.1) is 0 Å². The highest BCUT2D eigenvalue weighted by Gasteiger charge is 2.41. The monoisotopic (exact) mass is 389 g/mol. The van der Waals surface area contributed by atoms with Gasteiger partial charge in [-0.2, -0.15) is 0 Å². The molecule has 0 radical (unpaired) electrons. The molecule has 0 aromatic heterocycles. The molecule has 3 aromatic carbocycles. The Morgan fingerprint density at radius 2 is 1.59 bits per heavy atom. The Hall–Kier alpha value is -2.85. The van der Waals surface area contributed by atoms with E-state index < -0.39 is 5.41 Å². The second-order valence-corrected chi connectivity index (χ2v) is 7.84. The summed E-state index contributed by atoms with van der Waals surface area (Å²) in [7, 11) is 0. The summed E-state index contributed by atoms with van der Waals surface area (Å²) in [6.07, 6.45) is 1.44. The minimum atomic E-state index is -0.576. The molecule has 0 spiro atoms. The molecule has 4 rings (SSSR count). The number of carbonyl (C=O) groups is 1. The van der Waals surface area contributed by atoms with E-state index >= 15 is 0 Å². The van der Waals surface area contributed by atoms with Crippen LogP contribution in [-0.2, 0) is 14.9 Å². The van der Waals surface area contributed by atoms with Gasteiger partial charge in [-0.1, -0.05) is 54.6 Å². The van der Waals surface area contributed by atoms with E-state index in [1.54, 1.807) is 0 Å². The van der Waals surface area contributed by atoms with Gasteiger partial charge in [0.2, 0.25) is 5.91 Å². The topological polar surface area (TPSA) is 47.6 Å². The fourth-order valence-electron chi connectivity index (χ4n) is 4.10. The molecule has 4 heteroatoms. The zero-order valence-electron chi connectivity index (χ0n) is 17.0. The van der Waals surface area contributed by atoms with Crippen molar-refractivity contribution in [3.05, 3.63) is 72.3 Å². The Morgan fingerprint density at radius 1 is 0.931 bits per heavy atom. The van der Waals surface area contributed by atoms with Crippen LogP contribution < -0.4 is 10.1 Å². The number of fused-ring (bicyclic) bond motifs is 1. The first-order chi connectivity index (χ1) is 14.1. The smallest absolute Gasteiger partial charge is 0.235 e. The van der Waals surface area contributed by atoms with Gasteiger partial charge in [-0.3, -0.25) is 4.79 Å². The van der Waals surface area contributed by atoms with Crippen LogP contribution in [0, 0.1) is 0 Å². The maximum absolute atomic E-state index is 13.6. The first-order valence-electron chi connectivity index (χ1n) is 10.2. The van der Waals surface area contributed by atoms with Crippen LogP contribution in [-0.4, -0.2) is 25.2 Å². The number of ether oxygens (including phenoxy) is 2. The van der Waals surface area contributed by atoms with Crippen LogP contribution in [0.5, 0.6) is 5.75 Å². The van der Waals surface area contributed by atoms with Crippen molar-refractivity contribution >= 4 is 22.4 Å². The third-order valence-corrected chi connectivity index (χ3v) is 5.60. The van der Waals surface area contributed by atoms with E-state index in [4.69, 9.17) is 9.47 Å². The molecule has 1 amide bonds. The van der Waals surface area contributed by atoms with Crippen LogP contribution in [0.3, 0.4) is 0 Å². The molecule has 0 unspecified atom stereocenters. The van der Waals surface area contributed by atoms with Crippen LogP contribution >= 0.6 is 0 Å². The van der Waals surface area contributed by atoms with E-state index in [-0.39, 0.29) is 12.0 Å². The second-order valence-electron chi connectivity index (χ2n) is 7.84. The van der Waals surface area contributed by atoms with E-state index in [9.17, 15) is 4.79 Å². The van der Waals surface area contributed by atoms with Gasteiger partial charge < -0.3 is 14.8 Å². The SMILES string of the molecule is CC(C)Oc1ccc(NC(=O)C2(c3ccccc3)CCOCC2)c2ccccc12. The number of carbonyl (C=O) groups excluding carboxylic acids is 1. The number of rotatable bonds is 5. The summed E-state index contributed by atoms with van der Waals surface area (Å²) in [6.45, 7) is 5.20. The molecule has 3 aromatic rings. The molecular weight excluding hydrogens is 362 g/mol. The van der Waals surface area contributed by atoms with Gasteiger partial charge in [0, 0.05) is 29.7 Å². The number of hydrogen-bond donors (Lipinski definition) is 1. The minimum Gasteiger partial charge on any atom is -0.490 e. The molecule has 0 atom stereocenters. The Balaban J connectivity index is 1.71. The van der Waals surface area contributed by atoms with Gasteiger partial charge in [0.1, 0.15) is 5.75 Å². The van der Waals surface area contributed by atoms with E-state index in [2.05, 4.69) is 5.32 Å². The summed E-state index contributed by atoms with van der Waals surface area (Å²) in [5.74, 6) is 0.854. The largest absolute Gasteiger partial charge is 0.490 e. The molecule has 0 saturated carbocycles. The van der Waals surface area contributed by atoms with Gasteiger partial charge >= 0.3 is 0 Å². The lowest BCUT2D eigenvalue weighted by Crippen LogP contribution is -2.44. The van der Waals surface area contributed by atoms with Crippen molar-refractivity contribution in [1.29, 1.82) is 0 Å². The fourth-order valence-corrected chi connectivity index (χ4v) is 4.10. The van der Waals surface area contributed by atoms with E-state index in [1.807, 2.05) is 80.6 Å². The van der Waals surface area contributed by atoms with Gasteiger partial charge in [0.15, 0.2) is 0 Å². The van der Waals surface area contributed by atoms with Gasteiger partial charge in [-0.25, -0.2) is 0 Å². The lowest BCUT2D eigenvalue weighted by atomic mass is 9.73. The van der Waals surface area contributed by atoms with Crippen molar-refractivity contribution in [3.8, 4) is 5.75 Å². The normalized spacial score (nSPS) is 16.0. The maximum Gasteiger partial charge on any atom is 0.235 e. The molecule has 0 aliphatic carbocycles. The standard InChI is InChI=1S/C25H27NO3/c1-18(2)29-23-13-12-22(20-10-6-7-11-21(20)23)26-24(27)25(14-16-28-17-15-25)19-8-4-3-5-9-19/h3-13,18H,14-17H2,1-2H3,(H,26,27). The van der Waals surface area contributed by atoms with Crippen LogP contribution in [0.1, 0.15) is 32.3 Å². The highest BCUT2D eigenvalue weighted by molar-refractivity contribution is 6.07. The first-order valence-corrected chi connectivity index (χ1v) is 10.2. The van der Waals surface area contributed by atoms with Crippen molar-refractivity contribution in [2.75, 3.05) is 18.5 Å². The van der Waals surface area contributed by atoms with Crippen molar-refractivity contribution in [2.45, 2.75) is 38.2 Å². The number of anilines is 1. The van der Waals surface area contributed by atoms with Crippen molar-refractivity contribution in [3.63, 3.8) is 0 Å². The number of benzene rings is 3.